The molecule has 1 heterocycles. The summed E-state index contributed by atoms with van der Waals surface area (Å²) in [5.74, 6) is 0.121. The molecule has 0 aliphatic rings. The number of nitrogens with zero attached hydrogens (tertiary/aromatic N) is 1. The Morgan fingerprint density at radius 1 is 1.42 bits per heavy atom. The fraction of sp³-hybridized carbons (Fsp3) is 0.0769. The van der Waals surface area contributed by atoms with Crippen molar-refractivity contribution in [3.05, 3.63) is 51.1 Å². The fourth-order valence-electron chi connectivity index (χ4n) is 1.59. The summed E-state index contributed by atoms with van der Waals surface area (Å²) in [6.07, 6.45) is 1.53. The summed E-state index contributed by atoms with van der Waals surface area (Å²) in [6.45, 7) is 1.79. The molecule has 2 aromatic rings. The number of carbonyl (C=O) groups excluding carboxylic acids is 1. The molecule has 1 aromatic heterocycles. The molecular formula is C13H11BrClN3O. The minimum atomic E-state index is -0.278. The van der Waals surface area contributed by atoms with E-state index in [-0.39, 0.29) is 5.91 Å². The van der Waals surface area contributed by atoms with Gasteiger partial charge in [-0.25, -0.2) is 4.98 Å². The summed E-state index contributed by atoms with van der Waals surface area (Å²) < 4.78 is 0.750. The number of rotatable bonds is 2. The molecule has 19 heavy (non-hydrogen) atoms. The van der Waals surface area contributed by atoms with Gasteiger partial charge in [0.2, 0.25) is 0 Å². The quantitative estimate of drug-likeness (QED) is 0.820. The smallest absolute Gasteiger partial charge is 0.257 e. The maximum atomic E-state index is 12.2. The first-order chi connectivity index (χ1) is 8.97. The number of nitrogens with two attached hydrogens (primary N) is 1. The van der Waals surface area contributed by atoms with E-state index in [0.29, 0.717) is 22.1 Å². The highest BCUT2D eigenvalue weighted by Crippen LogP contribution is 2.23. The van der Waals surface area contributed by atoms with Gasteiger partial charge < -0.3 is 11.1 Å². The van der Waals surface area contributed by atoms with E-state index in [1.54, 1.807) is 31.2 Å². The molecule has 0 saturated heterocycles. The van der Waals surface area contributed by atoms with Gasteiger partial charge in [0.05, 0.1) is 0 Å². The minimum Gasteiger partial charge on any atom is -0.398 e. The molecule has 3 N–H and O–H groups in total. The first-order valence-corrected chi connectivity index (χ1v) is 6.63. The Kier molecular flexibility index (Phi) is 4.07. The Balaban J connectivity index is 2.30. The molecule has 2 rings (SSSR count). The lowest BCUT2D eigenvalue weighted by molar-refractivity contribution is 0.102. The number of aromatic nitrogens is 1. The molecule has 1 amide bonds. The first kappa shape index (κ1) is 13.8. The number of pyridine rings is 1. The molecule has 0 aliphatic carbocycles. The van der Waals surface area contributed by atoms with Crippen molar-refractivity contribution < 1.29 is 4.79 Å². The van der Waals surface area contributed by atoms with Gasteiger partial charge in [0, 0.05) is 26.9 Å². The Hall–Kier alpha value is -1.59. The largest absolute Gasteiger partial charge is 0.398 e. The van der Waals surface area contributed by atoms with E-state index >= 15 is 0 Å². The zero-order valence-electron chi connectivity index (χ0n) is 10.1. The number of benzene rings is 1. The Bertz CT molecular complexity index is 646. The van der Waals surface area contributed by atoms with Crippen molar-refractivity contribution in [2.75, 3.05) is 11.1 Å². The van der Waals surface area contributed by atoms with Gasteiger partial charge in [-0.05, 0) is 36.8 Å². The van der Waals surface area contributed by atoms with E-state index in [0.717, 1.165) is 10.0 Å². The lowest BCUT2D eigenvalue weighted by Gasteiger charge is -2.10. The zero-order chi connectivity index (χ0) is 14.0. The van der Waals surface area contributed by atoms with Gasteiger partial charge in [-0.2, -0.15) is 0 Å². The molecule has 4 nitrogen and oxygen atoms in total. The first-order valence-electron chi connectivity index (χ1n) is 5.46. The summed E-state index contributed by atoms with van der Waals surface area (Å²) in [4.78, 5) is 16.2. The highest BCUT2D eigenvalue weighted by molar-refractivity contribution is 9.10. The molecule has 0 fully saturated rings. The Morgan fingerprint density at radius 3 is 2.84 bits per heavy atom. The zero-order valence-corrected chi connectivity index (χ0v) is 12.4. The third-order valence-electron chi connectivity index (χ3n) is 2.62. The van der Waals surface area contributed by atoms with Crippen LogP contribution in [0.2, 0.25) is 5.02 Å². The number of hydrogen-bond donors (Lipinski definition) is 2. The summed E-state index contributed by atoms with van der Waals surface area (Å²) in [5, 5.41) is 3.19. The van der Waals surface area contributed by atoms with Crippen LogP contribution in [0.25, 0.3) is 0 Å². The average Bonchev–Trinajstić information content (AvgIpc) is 2.33. The maximum absolute atomic E-state index is 12.2. The van der Waals surface area contributed by atoms with E-state index in [2.05, 4.69) is 26.2 Å². The average molecular weight is 341 g/mol. The van der Waals surface area contributed by atoms with Crippen molar-refractivity contribution in [2.45, 2.75) is 6.92 Å². The fourth-order valence-corrected chi connectivity index (χ4v) is 2.23. The summed E-state index contributed by atoms with van der Waals surface area (Å²) >= 11 is 9.15. The molecular weight excluding hydrogens is 330 g/mol. The number of anilines is 2. The van der Waals surface area contributed by atoms with E-state index in [1.165, 1.54) is 6.20 Å². The van der Waals surface area contributed by atoms with E-state index in [9.17, 15) is 4.79 Å². The number of hydrogen-bond acceptors (Lipinski definition) is 3. The SMILES string of the molecule is Cc1c(N)cc(Br)cc1C(=O)Nc1cc(Cl)ccn1. The van der Waals surface area contributed by atoms with Crippen LogP contribution in [0.3, 0.4) is 0 Å². The van der Waals surface area contributed by atoms with Gasteiger partial charge in [-0.15, -0.1) is 0 Å². The summed E-state index contributed by atoms with van der Waals surface area (Å²) in [6, 6.07) is 6.69. The van der Waals surface area contributed by atoms with E-state index in [4.69, 9.17) is 17.3 Å². The highest BCUT2D eigenvalue weighted by Gasteiger charge is 2.13. The second-order valence-electron chi connectivity index (χ2n) is 3.98. The van der Waals surface area contributed by atoms with Crippen molar-refractivity contribution in [2.24, 2.45) is 0 Å². The number of halogens is 2. The molecule has 0 spiro atoms. The van der Waals surface area contributed by atoms with Crippen LogP contribution in [-0.2, 0) is 0 Å². The van der Waals surface area contributed by atoms with E-state index < -0.39 is 0 Å². The van der Waals surface area contributed by atoms with Crippen LogP contribution in [0.5, 0.6) is 0 Å². The molecule has 0 bridgehead atoms. The standard InChI is InChI=1S/C13H11BrClN3O/c1-7-10(4-8(14)5-11(7)16)13(19)18-12-6-9(15)2-3-17-12/h2-6H,16H2,1H3,(H,17,18,19). The van der Waals surface area contributed by atoms with Gasteiger partial charge in [-0.3, -0.25) is 4.79 Å². The van der Waals surface area contributed by atoms with Crippen LogP contribution < -0.4 is 11.1 Å². The van der Waals surface area contributed by atoms with Crippen LogP contribution in [-0.4, -0.2) is 10.9 Å². The molecule has 0 unspecified atom stereocenters. The van der Waals surface area contributed by atoms with Crippen molar-refractivity contribution in [1.82, 2.24) is 4.98 Å². The normalized spacial score (nSPS) is 10.3. The molecule has 0 radical (unpaired) electrons. The van der Waals surface area contributed by atoms with Gasteiger partial charge in [-0.1, -0.05) is 27.5 Å². The van der Waals surface area contributed by atoms with Crippen LogP contribution in [0.1, 0.15) is 15.9 Å². The third-order valence-corrected chi connectivity index (χ3v) is 3.31. The third kappa shape index (κ3) is 3.24. The monoisotopic (exact) mass is 339 g/mol. The number of amides is 1. The van der Waals surface area contributed by atoms with Gasteiger partial charge in [0.1, 0.15) is 5.82 Å². The molecule has 6 heteroatoms. The second kappa shape index (κ2) is 5.59. The second-order valence-corrected chi connectivity index (χ2v) is 5.33. The lowest BCUT2D eigenvalue weighted by atomic mass is 10.1. The van der Waals surface area contributed by atoms with Crippen LogP contribution >= 0.6 is 27.5 Å². The summed E-state index contributed by atoms with van der Waals surface area (Å²) in [5.41, 5.74) is 7.60. The molecule has 98 valence electrons. The van der Waals surface area contributed by atoms with Crippen molar-refractivity contribution in [3.8, 4) is 0 Å². The molecule has 0 atom stereocenters. The summed E-state index contributed by atoms with van der Waals surface area (Å²) in [7, 11) is 0. The Labute approximate surface area is 124 Å². The maximum Gasteiger partial charge on any atom is 0.257 e. The number of nitrogen functional groups attached to an aromatic ring is 1. The van der Waals surface area contributed by atoms with Gasteiger partial charge in [0.25, 0.3) is 5.91 Å². The van der Waals surface area contributed by atoms with Crippen LogP contribution in [0.4, 0.5) is 11.5 Å². The number of nitrogens with one attached hydrogen (secondary N) is 1. The highest BCUT2D eigenvalue weighted by atomic mass is 79.9. The van der Waals surface area contributed by atoms with Crippen LogP contribution in [0, 0.1) is 6.92 Å². The topological polar surface area (TPSA) is 68.0 Å². The molecule has 0 saturated carbocycles. The van der Waals surface area contributed by atoms with Crippen molar-refractivity contribution >= 4 is 44.9 Å². The minimum absolute atomic E-state index is 0.278. The van der Waals surface area contributed by atoms with Gasteiger partial charge >= 0.3 is 0 Å². The van der Waals surface area contributed by atoms with Crippen LogP contribution in [0.15, 0.2) is 34.9 Å². The number of carbonyl (C=O) groups is 1. The predicted octanol–water partition coefficient (Wildman–Crippen LogP) is 3.64. The van der Waals surface area contributed by atoms with Crippen molar-refractivity contribution in [1.29, 1.82) is 0 Å². The van der Waals surface area contributed by atoms with Gasteiger partial charge in [0.15, 0.2) is 0 Å². The van der Waals surface area contributed by atoms with Crippen molar-refractivity contribution in [3.63, 3.8) is 0 Å². The lowest BCUT2D eigenvalue weighted by Crippen LogP contribution is -2.15. The molecule has 1 aromatic carbocycles. The molecule has 0 aliphatic heterocycles. The predicted molar refractivity (Wildman–Crippen MR) is 80.5 cm³/mol. The Morgan fingerprint density at radius 2 is 2.16 bits per heavy atom. The van der Waals surface area contributed by atoms with E-state index in [1.807, 2.05) is 0 Å².